The fourth-order valence-corrected chi connectivity index (χ4v) is 3.44. The van der Waals surface area contributed by atoms with E-state index < -0.39 is 0 Å². The van der Waals surface area contributed by atoms with Gasteiger partial charge in [-0.25, -0.2) is 0 Å². The first-order chi connectivity index (χ1) is 12.4. The van der Waals surface area contributed by atoms with E-state index in [1.807, 2.05) is 24.3 Å². The summed E-state index contributed by atoms with van der Waals surface area (Å²) in [6, 6.07) is 12.9. The number of carbonyl (C=O) groups is 1. The highest BCUT2D eigenvalue weighted by molar-refractivity contribution is 9.10. The summed E-state index contributed by atoms with van der Waals surface area (Å²) < 4.78 is 0.991. The average molecular weight is 469 g/mol. The second kappa shape index (κ2) is 8.31. The zero-order valence-electron chi connectivity index (χ0n) is 13.5. The van der Waals surface area contributed by atoms with Crippen LogP contribution in [0, 0.1) is 0 Å². The predicted octanol–water partition coefficient (Wildman–Crippen LogP) is 5.95. The van der Waals surface area contributed by atoms with E-state index in [0.29, 0.717) is 15.2 Å². The molecule has 0 aliphatic carbocycles. The Morgan fingerprint density at radius 3 is 2.54 bits per heavy atom. The molecular weight excluding hydrogens is 457 g/mol. The number of nitrogens with zero attached hydrogens (tertiary/aromatic N) is 3. The first-order valence-corrected chi connectivity index (χ1v) is 9.81. The molecule has 0 radical (unpaired) electrons. The fourth-order valence-electron chi connectivity index (χ4n) is 2.05. The van der Waals surface area contributed by atoms with Crippen molar-refractivity contribution in [3.63, 3.8) is 0 Å². The standard InChI is InChI=1S/C18H12BrCl2N3OS/c1-24(16(25)9-3-11-2-8-14(20)15(21)10-11)18-23-22-17(26-18)12-4-6-13(19)7-5-12/h2-10H,1H3/b9-3+. The Morgan fingerprint density at radius 2 is 1.85 bits per heavy atom. The largest absolute Gasteiger partial charge is 0.286 e. The Kier molecular flexibility index (Phi) is 6.09. The van der Waals surface area contributed by atoms with Gasteiger partial charge < -0.3 is 0 Å². The van der Waals surface area contributed by atoms with Crippen LogP contribution in [0.1, 0.15) is 5.56 Å². The maximum Gasteiger partial charge on any atom is 0.252 e. The molecule has 0 saturated heterocycles. The zero-order chi connectivity index (χ0) is 18.7. The van der Waals surface area contributed by atoms with Gasteiger partial charge in [0.1, 0.15) is 5.01 Å². The van der Waals surface area contributed by atoms with Gasteiger partial charge >= 0.3 is 0 Å². The molecule has 1 aromatic heterocycles. The molecule has 8 heteroatoms. The van der Waals surface area contributed by atoms with Crippen molar-refractivity contribution >= 4 is 67.6 Å². The monoisotopic (exact) mass is 467 g/mol. The topological polar surface area (TPSA) is 46.1 Å². The van der Waals surface area contributed by atoms with Crippen LogP contribution in [0.25, 0.3) is 16.6 Å². The van der Waals surface area contributed by atoms with Gasteiger partial charge in [0.25, 0.3) is 5.91 Å². The molecule has 2 aromatic carbocycles. The molecule has 1 amide bonds. The Balaban J connectivity index is 1.73. The number of likely N-dealkylation sites (N-methyl/N-ethyl adjacent to an activating group) is 1. The lowest BCUT2D eigenvalue weighted by atomic mass is 10.2. The molecule has 0 bridgehead atoms. The van der Waals surface area contributed by atoms with Crippen LogP contribution in [-0.2, 0) is 4.79 Å². The summed E-state index contributed by atoms with van der Waals surface area (Å²) in [5.41, 5.74) is 1.73. The minimum atomic E-state index is -0.213. The van der Waals surface area contributed by atoms with Gasteiger partial charge in [0.2, 0.25) is 5.13 Å². The number of rotatable bonds is 4. The van der Waals surface area contributed by atoms with Gasteiger partial charge in [0, 0.05) is 23.2 Å². The highest BCUT2D eigenvalue weighted by Crippen LogP contribution is 2.29. The van der Waals surface area contributed by atoms with Crippen LogP contribution < -0.4 is 4.90 Å². The predicted molar refractivity (Wildman–Crippen MR) is 112 cm³/mol. The third kappa shape index (κ3) is 4.51. The second-order valence-corrected chi connectivity index (χ2v) is 7.99. The number of anilines is 1. The molecule has 0 N–H and O–H groups in total. The van der Waals surface area contributed by atoms with Crippen LogP contribution >= 0.6 is 50.5 Å². The summed E-state index contributed by atoms with van der Waals surface area (Å²) in [4.78, 5) is 13.8. The van der Waals surface area contributed by atoms with Crippen molar-refractivity contribution in [1.29, 1.82) is 0 Å². The summed E-state index contributed by atoms with van der Waals surface area (Å²) in [5, 5.41) is 10.5. The van der Waals surface area contributed by atoms with Crippen LogP contribution in [-0.4, -0.2) is 23.2 Å². The minimum Gasteiger partial charge on any atom is -0.286 e. The lowest BCUT2D eigenvalue weighted by Crippen LogP contribution is -2.23. The summed E-state index contributed by atoms with van der Waals surface area (Å²) in [6.45, 7) is 0. The van der Waals surface area contributed by atoms with E-state index in [2.05, 4.69) is 26.1 Å². The Morgan fingerprint density at radius 1 is 1.12 bits per heavy atom. The quantitative estimate of drug-likeness (QED) is 0.444. The minimum absolute atomic E-state index is 0.213. The van der Waals surface area contributed by atoms with Crippen LogP contribution in [0.2, 0.25) is 10.0 Å². The molecule has 0 spiro atoms. The Bertz CT molecular complexity index is 973. The summed E-state index contributed by atoms with van der Waals surface area (Å²) in [5.74, 6) is -0.213. The van der Waals surface area contributed by atoms with Crippen LogP contribution in [0.3, 0.4) is 0 Å². The van der Waals surface area contributed by atoms with Gasteiger partial charge in [-0.1, -0.05) is 68.7 Å². The smallest absolute Gasteiger partial charge is 0.252 e. The Labute approximate surface area is 173 Å². The number of benzene rings is 2. The van der Waals surface area contributed by atoms with E-state index in [9.17, 15) is 4.79 Å². The zero-order valence-corrected chi connectivity index (χ0v) is 17.4. The molecule has 132 valence electrons. The van der Waals surface area contributed by atoms with Gasteiger partial charge in [-0.3, -0.25) is 9.69 Å². The fraction of sp³-hybridized carbons (Fsp3) is 0.0556. The third-order valence-corrected chi connectivity index (χ3v) is 5.80. The van der Waals surface area contributed by atoms with Crippen molar-refractivity contribution in [2.45, 2.75) is 0 Å². The molecular formula is C18H12BrCl2N3OS. The second-order valence-electron chi connectivity index (χ2n) is 5.30. The van der Waals surface area contributed by atoms with E-state index in [1.54, 1.807) is 31.3 Å². The van der Waals surface area contributed by atoms with Crippen LogP contribution in [0.4, 0.5) is 5.13 Å². The summed E-state index contributed by atoms with van der Waals surface area (Å²) >= 11 is 16.6. The van der Waals surface area contributed by atoms with E-state index in [0.717, 1.165) is 20.6 Å². The molecule has 4 nitrogen and oxygen atoms in total. The normalized spacial score (nSPS) is 11.1. The van der Waals surface area contributed by atoms with Crippen LogP contribution in [0.15, 0.2) is 53.0 Å². The number of amides is 1. The third-order valence-electron chi connectivity index (χ3n) is 3.49. The maximum atomic E-state index is 12.4. The molecule has 26 heavy (non-hydrogen) atoms. The molecule has 1 heterocycles. The van der Waals surface area contributed by atoms with E-state index in [4.69, 9.17) is 23.2 Å². The Hall–Kier alpha value is -1.73. The SMILES string of the molecule is CN(C(=O)/C=C/c1ccc(Cl)c(Cl)c1)c1nnc(-c2ccc(Br)cc2)s1. The van der Waals surface area contributed by atoms with Gasteiger partial charge in [0.05, 0.1) is 10.0 Å². The lowest BCUT2D eigenvalue weighted by molar-refractivity contribution is -0.113. The van der Waals surface area contributed by atoms with Gasteiger partial charge in [-0.15, -0.1) is 10.2 Å². The highest BCUT2D eigenvalue weighted by atomic mass is 79.9. The number of aromatic nitrogens is 2. The maximum absolute atomic E-state index is 12.4. The molecule has 0 aliphatic rings. The van der Waals surface area contributed by atoms with Gasteiger partial charge in [-0.05, 0) is 35.9 Å². The van der Waals surface area contributed by atoms with E-state index in [1.165, 1.54) is 22.3 Å². The van der Waals surface area contributed by atoms with Crippen molar-refractivity contribution < 1.29 is 4.79 Å². The van der Waals surface area contributed by atoms with Crippen LogP contribution in [0.5, 0.6) is 0 Å². The molecule has 0 saturated carbocycles. The first-order valence-electron chi connectivity index (χ1n) is 7.44. The van der Waals surface area contributed by atoms with E-state index in [-0.39, 0.29) is 5.91 Å². The first kappa shape index (κ1) is 19.0. The van der Waals surface area contributed by atoms with Crippen molar-refractivity contribution in [2.24, 2.45) is 0 Å². The van der Waals surface area contributed by atoms with Crippen molar-refractivity contribution in [3.05, 3.63) is 68.6 Å². The van der Waals surface area contributed by atoms with Gasteiger partial charge in [0.15, 0.2) is 0 Å². The molecule has 0 unspecified atom stereocenters. The molecule has 3 aromatic rings. The van der Waals surface area contributed by atoms with Crippen molar-refractivity contribution in [3.8, 4) is 10.6 Å². The van der Waals surface area contributed by atoms with E-state index >= 15 is 0 Å². The number of carbonyl (C=O) groups excluding carboxylic acids is 1. The lowest BCUT2D eigenvalue weighted by Gasteiger charge is -2.09. The molecule has 0 atom stereocenters. The molecule has 0 aliphatic heterocycles. The van der Waals surface area contributed by atoms with Gasteiger partial charge in [-0.2, -0.15) is 0 Å². The van der Waals surface area contributed by atoms with Crippen molar-refractivity contribution in [1.82, 2.24) is 10.2 Å². The van der Waals surface area contributed by atoms with Crippen molar-refractivity contribution in [2.75, 3.05) is 11.9 Å². The highest BCUT2D eigenvalue weighted by Gasteiger charge is 2.14. The molecule has 0 fully saturated rings. The molecule has 3 rings (SSSR count). The number of halogens is 3. The average Bonchev–Trinajstić information content (AvgIpc) is 3.12. The number of hydrogen-bond donors (Lipinski definition) is 0. The summed E-state index contributed by atoms with van der Waals surface area (Å²) in [7, 11) is 1.66. The number of hydrogen-bond acceptors (Lipinski definition) is 4. The summed E-state index contributed by atoms with van der Waals surface area (Å²) in [6.07, 6.45) is 3.14.